The Morgan fingerprint density at radius 3 is 2.83 bits per heavy atom. The summed E-state index contributed by atoms with van der Waals surface area (Å²) in [7, 11) is -3.58. The fraction of sp³-hybridized carbons (Fsp3) is 0.455. The average molecular weight is 273 g/mol. The summed E-state index contributed by atoms with van der Waals surface area (Å²) in [5.41, 5.74) is 0. The number of aliphatic hydroxyl groups excluding tert-OH is 1. The van der Waals surface area contributed by atoms with Gasteiger partial charge in [0.2, 0.25) is 16.8 Å². The minimum Gasteiger partial charge on any atom is -0.454 e. The van der Waals surface area contributed by atoms with Crippen molar-refractivity contribution in [2.24, 2.45) is 5.92 Å². The van der Waals surface area contributed by atoms with Crippen molar-refractivity contribution >= 4 is 10.0 Å². The smallest absolute Gasteiger partial charge is 0.240 e. The standard InChI is InChI=1S/C11H15NO5S/c1-8(6-13)5-12-18(14,15)9-2-3-10-11(4-9)17-7-16-10/h2-4,8,12-13H,5-7H2,1H3/t8-/m1/s1. The quantitative estimate of drug-likeness (QED) is 0.807. The second kappa shape index (κ2) is 5.13. The maximum atomic E-state index is 12.0. The molecule has 0 fully saturated rings. The van der Waals surface area contributed by atoms with E-state index >= 15 is 0 Å². The molecule has 100 valence electrons. The van der Waals surface area contributed by atoms with Crippen LogP contribution in [0.3, 0.4) is 0 Å². The molecule has 0 aromatic heterocycles. The van der Waals surface area contributed by atoms with Gasteiger partial charge in [0.25, 0.3) is 0 Å². The first kappa shape index (κ1) is 13.1. The topological polar surface area (TPSA) is 84.9 Å². The van der Waals surface area contributed by atoms with Gasteiger partial charge in [-0.05, 0) is 18.1 Å². The molecule has 1 aromatic rings. The molecule has 1 atom stereocenters. The summed E-state index contributed by atoms with van der Waals surface area (Å²) >= 11 is 0. The van der Waals surface area contributed by atoms with Crippen LogP contribution in [-0.4, -0.2) is 33.5 Å². The highest BCUT2D eigenvalue weighted by Gasteiger charge is 2.20. The Morgan fingerprint density at radius 1 is 1.39 bits per heavy atom. The minimum atomic E-state index is -3.58. The number of aliphatic hydroxyl groups is 1. The van der Waals surface area contributed by atoms with Crippen LogP contribution in [0.15, 0.2) is 23.1 Å². The molecule has 0 spiro atoms. The molecule has 1 aliphatic heterocycles. The molecule has 6 nitrogen and oxygen atoms in total. The number of nitrogens with one attached hydrogen (secondary N) is 1. The highest BCUT2D eigenvalue weighted by atomic mass is 32.2. The van der Waals surface area contributed by atoms with Crippen LogP contribution in [0.5, 0.6) is 11.5 Å². The Hall–Kier alpha value is -1.31. The molecule has 0 aliphatic carbocycles. The molecular weight excluding hydrogens is 258 g/mol. The molecule has 18 heavy (non-hydrogen) atoms. The molecule has 0 bridgehead atoms. The summed E-state index contributed by atoms with van der Waals surface area (Å²) < 4.78 is 36.6. The lowest BCUT2D eigenvalue weighted by molar-refractivity contribution is 0.174. The molecule has 0 unspecified atom stereocenters. The Bertz CT molecular complexity index is 528. The van der Waals surface area contributed by atoms with Gasteiger partial charge in [0.15, 0.2) is 11.5 Å². The first-order chi connectivity index (χ1) is 8.53. The molecule has 2 N–H and O–H groups in total. The van der Waals surface area contributed by atoms with Crippen LogP contribution in [0.4, 0.5) is 0 Å². The molecule has 0 saturated carbocycles. The Morgan fingerprint density at radius 2 is 2.11 bits per heavy atom. The van der Waals surface area contributed by atoms with Crippen molar-refractivity contribution in [1.82, 2.24) is 4.72 Å². The maximum Gasteiger partial charge on any atom is 0.240 e. The first-order valence-corrected chi connectivity index (χ1v) is 7.01. The lowest BCUT2D eigenvalue weighted by Crippen LogP contribution is -2.29. The van der Waals surface area contributed by atoms with Crippen molar-refractivity contribution in [3.05, 3.63) is 18.2 Å². The van der Waals surface area contributed by atoms with Gasteiger partial charge >= 0.3 is 0 Å². The van der Waals surface area contributed by atoms with Crippen LogP contribution < -0.4 is 14.2 Å². The Kier molecular flexibility index (Phi) is 3.74. The fourth-order valence-corrected chi connectivity index (χ4v) is 2.62. The predicted molar refractivity (Wildman–Crippen MR) is 64.0 cm³/mol. The third-order valence-corrected chi connectivity index (χ3v) is 4.01. The van der Waals surface area contributed by atoms with Crippen molar-refractivity contribution < 1.29 is 23.0 Å². The molecule has 0 radical (unpaired) electrons. The molecule has 2 rings (SSSR count). The van der Waals surface area contributed by atoms with Crippen molar-refractivity contribution in [1.29, 1.82) is 0 Å². The van der Waals surface area contributed by atoms with Gasteiger partial charge in [-0.1, -0.05) is 6.92 Å². The van der Waals surface area contributed by atoms with Crippen LogP contribution in [-0.2, 0) is 10.0 Å². The van der Waals surface area contributed by atoms with E-state index in [2.05, 4.69) is 4.72 Å². The van der Waals surface area contributed by atoms with Gasteiger partial charge in [0.1, 0.15) is 0 Å². The van der Waals surface area contributed by atoms with Crippen molar-refractivity contribution in [2.75, 3.05) is 19.9 Å². The SMILES string of the molecule is C[C@@H](CO)CNS(=O)(=O)c1ccc2c(c1)OCO2. The van der Waals surface area contributed by atoms with Gasteiger partial charge in [-0.25, -0.2) is 13.1 Å². The molecule has 7 heteroatoms. The van der Waals surface area contributed by atoms with Gasteiger partial charge in [-0.3, -0.25) is 0 Å². The van der Waals surface area contributed by atoms with Crippen LogP contribution in [0.25, 0.3) is 0 Å². The number of rotatable bonds is 5. The van der Waals surface area contributed by atoms with Gasteiger partial charge < -0.3 is 14.6 Å². The van der Waals surface area contributed by atoms with Crippen LogP contribution in [0, 0.1) is 5.92 Å². The van der Waals surface area contributed by atoms with E-state index in [1.54, 1.807) is 13.0 Å². The van der Waals surface area contributed by atoms with E-state index in [1.807, 2.05) is 0 Å². The lowest BCUT2D eigenvalue weighted by Gasteiger charge is -2.10. The highest BCUT2D eigenvalue weighted by molar-refractivity contribution is 7.89. The van der Waals surface area contributed by atoms with E-state index in [0.29, 0.717) is 11.5 Å². The summed E-state index contributed by atoms with van der Waals surface area (Å²) in [6.07, 6.45) is 0. The zero-order valence-electron chi connectivity index (χ0n) is 9.92. The Balaban J connectivity index is 2.15. The van der Waals surface area contributed by atoms with E-state index in [1.165, 1.54) is 12.1 Å². The maximum absolute atomic E-state index is 12.0. The van der Waals surface area contributed by atoms with Crippen LogP contribution in [0.2, 0.25) is 0 Å². The zero-order chi connectivity index (χ0) is 13.2. The zero-order valence-corrected chi connectivity index (χ0v) is 10.7. The average Bonchev–Trinajstić information content (AvgIpc) is 2.83. The second-order valence-electron chi connectivity index (χ2n) is 4.15. The van der Waals surface area contributed by atoms with Gasteiger partial charge in [-0.2, -0.15) is 0 Å². The lowest BCUT2D eigenvalue weighted by atomic mass is 10.2. The minimum absolute atomic E-state index is 0.0658. The third-order valence-electron chi connectivity index (χ3n) is 2.59. The number of hydrogen-bond donors (Lipinski definition) is 2. The van der Waals surface area contributed by atoms with Crippen molar-refractivity contribution in [2.45, 2.75) is 11.8 Å². The van der Waals surface area contributed by atoms with E-state index in [0.717, 1.165) is 0 Å². The summed E-state index contributed by atoms with van der Waals surface area (Å²) in [5.74, 6) is 0.833. The van der Waals surface area contributed by atoms with Crippen molar-refractivity contribution in [3.8, 4) is 11.5 Å². The van der Waals surface area contributed by atoms with Gasteiger partial charge in [0, 0.05) is 19.2 Å². The normalized spacial score (nSPS) is 15.7. The summed E-state index contributed by atoms with van der Waals surface area (Å²) in [5, 5.41) is 8.86. The van der Waals surface area contributed by atoms with E-state index in [-0.39, 0.29) is 30.8 Å². The number of sulfonamides is 1. The largest absolute Gasteiger partial charge is 0.454 e. The predicted octanol–water partition coefficient (Wildman–Crippen LogP) is 0.322. The fourth-order valence-electron chi connectivity index (χ4n) is 1.44. The van der Waals surface area contributed by atoms with Gasteiger partial charge in [-0.15, -0.1) is 0 Å². The van der Waals surface area contributed by atoms with E-state index in [9.17, 15) is 8.42 Å². The summed E-state index contributed by atoms with van der Waals surface area (Å²) in [6.45, 7) is 1.98. The van der Waals surface area contributed by atoms with Crippen LogP contribution in [0.1, 0.15) is 6.92 Å². The number of ether oxygens (including phenoxy) is 2. The molecular formula is C11H15NO5S. The highest BCUT2D eigenvalue weighted by Crippen LogP contribution is 2.33. The van der Waals surface area contributed by atoms with Crippen molar-refractivity contribution in [3.63, 3.8) is 0 Å². The molecule has 1 heterocycles. The van der Waals surface area contributed by atoms with Crippen LogP contribution >= 0.6 is 0 Å². The van der Waals surface area contributed by atoms with Gasteiger partial charge in [0.05, 0.1) is 4.90 Å². The monoisotopic (exact) mass is 273 g/mol. The Labute approximate surface area is 106 Å². The molecule has 1 aromatic carbocycles. The van der Waals surface area contributed by atoms with E-state index < -0.39 is 10.0 Å². The number of hydrogen-bond acceptors (Lipinski definition) is 5. The first-order valence-electron chi connectivity index (χ1n) is 5.53. The molecule has 0 amide bonds. The number of benzene rings is 1. The molecule has 1 aliphatic rings. The van der Waals surface area contributed by atoms with E-state index in [4.69, 9.17) is 14.6 Å². The third kappa shape index (κ3) is 2.74. The second-order valence-corrected chi connectivity index (χ2v) is 5.92. The summed E-state index contributed by atoms with van der Waals surface area (Å²) in [4.78, 5) is 0.122. The molecule has 0 saturated heterocycles. The number of fused-ring (bicyclic) bond motifs is 1. The summed E-state index contributed by atoms with van der Waals surface area (Å²) in [6, 6.07) is 4.44.